The molecule has 0 saturated heterocycles. The van der Waals surface area contributed by atoms with E-state index in [0.29, 0.717) is 17.5 Å². The Hall–Kier alpha value is -1.94. The maximum Gasteiger partial charge on any atom is 0.219 e. The standard InChI is InChI=1S/C16H19FN2O/c1-11(2)15-8-12(10-18-3)9-16(19-15)20-14-6-4-13(17)5-7-14/h4-9,11,18H,10H2,1-3H3. The van der Waals surface area contributed by atoms with Crippen LogP contribution in [0.5, 0.6) is 11.6 Å². The zero-order valence-electron chi connectivity index (χ0n) is 12.0. The predicted octanol–water partition coefficient (Wildman–Crippen LogP) is 3.86. The van der Waals surface area contributed by atoms with Crippen LogP contribution in [0.1, 0.15) is 31.0 Å². The van der Waals surface area contributed by atoms with Gasteiger partial charge >= 0.3 is 0 Å². The Balaban J connectivity index is 2.27. The van der Waals surface area contributed by atoms with Crippen molar-refractivity contribution in [2.75, 3.05) is 7.05 Å². The van der Waals surface area contributed by atoms with Gasteiger partial charge in [-0.25, -0.2) is 9.37 Å². The summed E-state index contributed by atoms with van der Waals surface area (Å²) in [5.74, 6) is 1.16. The molecule has 4 heteroatoms. The van der Waals surface area contributed by atoms with E-state index in [0.717, 1.165) is 17.8 Å². The van der Waals surface area contributed by atoms with Crippen molar-refractivity contribution >= 4 is 0 Å². The van der Waals surface area contributed by atoms with Gasteiger partial charge in [-0.1, -0.05) is 13.8 Å². The number of aromatic nitrogens is 1. The summed E-state index contributed by atoms with van der Waals surface area (Å²) in [6, 6.07) is 9.89. The molecular weight excluding hydrogens is 255 g/mol. The molecule has 1 aromatic carbocycles. The molecule has 1 heterocycles. The van der Waals surface area contributed by atoms with Gasteiger partial charge in [-0.05, 0) is 48.9 Å². The minimum atomic E-state index is -0.280. The smallest absolute Gasteiger partial charge is 0.219 e. The first kappa shape index (κ1) is 14.5. The largest absolute Gasteiger partial charge is 0.439 e. The predicted molar refractivity (Wildman–Crippen MR) is 77.6 cm³/mol. The molecule has 3 nitrogen and oxygen atoms in total. The zero-order chi connectivity index (χ0) is 14.5. The van der Waals surface area contributed by atoms with Gasteiger partial charge in [0.05, 0.1) is 0 Å². The third kappa shape index (κ3) is 3.78. The maximum atomic E-state index is 12.9. The van der Waals surface area contributed by atoms with Gasteiger partial charge < -0.3 is 10.1 Å². The average Bonchev–Trinajstić information content (AvgIpc) is 2.41. The normalized spacial score (nSPS) is 10.8. The molecule has 0 spiro atoms. The van der Waals surface area contributed by atoms with Crippen molar-refractivity contribution in [2.24, 2.45) is 0 Å². The number of nitrogens with zero attached hydrogens (tertiary/aromatic N) is 1. The Kier molecular flexibility index (Phi) is 4.69. The van der Waals surface area contributed by atoms with Gasteiger partial charge in [0.15, 0.2) is 0 Å². The molecule has 0 radical (unpaired) electrons. The summed E-state index contributed by atoms with van der Waals surface area (Å²) in [5, 5.41) is 3.12. The molecule has 0 saturated carbocycles. The molecule has 0 bridgehead atoms. The molecule has 0 aliphatic rings. The van der Waals surface area contributed by atoms with Crippen LogP contribution in [0.25, 0.3) is 0 Å². The molecule has 106 valence electrons. The Bertz CT molecular complexity index is 567. The van der Waals surface area contributed by atoms with Gasteiger partial charge in [-0.15, -0.1) is 0 Å². The minimum Gasteiger partial charge on any atom is -0.439 e. The van der Waals surface area contributed by atoms with Crippen LogP contribution < -0.4 is 10.1 Å². The summed E-state index contributed by atoms with van der Waals surface area (Å²) >= 11 is 0. The molecule has 0 aliphatic carbocycles. The highest BCUT2D eigenvalue weighted by Gasteiger charge is 2.08. The summed E-state index contributed by atoms with van der Waals surface area (Å²) in [6.45, 7) is 4.93. The van der Waals surface area contributed by atoms with E-state index in [1.165, 1.54) is 12.1 Å². The van der Waals surface area contributed by atoms with Gasteiger partial charge in [0.25, 0.3) is 0 Å². The number of benzene rings is 1. The molecule has 0 atom stereocenters. The van der Waals surface area contributed by atoms with Gasteiger partial charge in [-0.3, -0.25) is 0 Å². The highest BCUT2D eigenvalue weighted by Crippen LogP contribution is 2.24. The van der Waals surface area contributed by atoms with Crippen LogP contribution in [0, 0.1) is 5.82 Å². The van der Waals surface area contributed by atoms with E-state index in [2.05, 4.69) is 30.2 Å². The number of hydrogen-bond acceptors (Lipinski definition) is 3. The average molecular weight is 274 g/mol. The Morgan fingerprint density at radius 2 is 1.90 bits per heavy atom. The number of nitrogens with one attached hydrogen (secondary N) is 1. The number of pyridine rings is 1. The fourth-order valence-corrected chi connectivity index (χ4v) is 1.86. The van der Waals surface area contributed by atoms with E-state index < -0.39 is 0 Å². The van der Waals surface area contributed by atoms with Crippen molar-refractivity contribution in [3.05, 3.63) is 53.5 Å². The van der Waals surface area contributed by atoms with Crippen LogP contribution in [0.3, 0.4) is 0 Å². The SMILES string of the molecule is CNCc1cc(Oc2ccc(F)cc2)nc(C(C)C)c1. The van der Waals surface area contributed by atoms with E-state index in [4.69, 9.17) is 4.74 Å². The zero-order valence-corrected chi connectivity index (χ0v) is 12.0. The molecule has 1 aromatic heterocycles. The van der Waals surface area contributed by atoms with E-state index in [1.807, 2.05) is 13.1 Å². The van der Waals surface area contributed by atoms with Crippen LogP contribution >= 0.6 is 0 Å². The molecule has 0 amide bonds. The van der Waals surface area contributed by atoms with E-state index >= 15 is 0 Å². The number of hydrogen-bond donors (Lipinski definition) is 1. The van der Waals surface area contributed by atoms with E-state index in [9.17, 15) is 4.39 Å². The van der Waals surface area contributed by atoms with Crippen LogP contribution in [0.2, 0.25) is 0 Å². The van der Waals surface area contributed by atoms with Gasteiger partial charge in [-0.2, -0.15) is 0 Å². The number of ether oxygens (including phenoxy) is 1. The summed E-state index contributed by atoms with van der Waals surface area (Å²) in [5.41, 5.74) is 2.10. The lowest BCUT2D eigenvalue weighted by Crippen LogP contribution is -2.07. The van der Waals surface area contributed by atoms with Crippen molar-refractivity contribution in [1.29, 1.82) is 0 Å². The van der Waals surface area contributed by atoms with Crippen LogP contribution in [-0.4, -0.2) is 12.0 Å². The topological polar surface area (TPSA) is 34.1 Å². The first-order valence-corrected chi connectivity index (χ1v) is 6.67. The second-order valence-electron chi connectivity index (χ2n) is 4.98. The molecule has 0 fully saturated rings. The van der Waals surface area contributed by atoms with Crippen molar-refractivity contribution in [1.82, 2.24) is 10.3 Å². The number of rotatable bonds is 5. The maximum absolute atomic E-state index is 12.9. The molecule has 2 rings (SSSR count). The third-order valence-corrected chi connectivity index (χ3v) is 2.89. The number of halogens is 1. The summed E-state index contributed by atoms with van der Waals surface area (Å²) < 4.78 is 18.6. The Morgan fingerprint density at radius 1 is 1.20 bits per heavy atom. The highest BCUT2D eigenvalue weighted by molar-refractivity contribution is 5.31. The van der Waals surface area contributed by atoms with E-state index in [-0.39, 0.29) is 5.82 Å². The van der Waals surface area contributed by atoms with Crippen LogP contribution in [0.15, 0.2) is 36.4 Å². The van der Waals surface area contributed by atoms with Crippen molar-refractivity contribution in [3.63, 3.8) is 0 Å². The van der Waals surface area contributed by atoms with Crippen molar-refractivity contribution in [3.8, 4) is 11.6 Å². The second kappa shape index (κ2) is 6.48. The van der Waals surface area contributed by atoms with Crippen molar-refractivity contribution in [2.45, 2.75) is 26.3 Å². The van der Waals surface area contributed by atoms with Gasteiger partial charge in [0, 0.05) is 18.3 Å². The molecule has 2 aromatic rings. The first-order valence-electron chi connectivity index (χ1n) is 6.67. The molecular formula is C16H19FN2O. The summed E-state index contributed by atoms with van der Waals surface area (Å²) in [4.78, 5) is 4.49. The minimum absolute atomic E-state index is 0.280. The molecule has 0 unspecified atom stereocenters. The van der Waals surface area contributed by atoms with Crippen LogP contribution in [0.4, 0.5) is 4.39 Å². The lowest BCUT2D eigenvalue weighted by molar-refractivity contribution is 0.456. The Morgan fingerprint density at radius 3 is 2.50 bits per heavy atom. The van der Waals surface area contributed by atoms with E-state index in [1.54, 1.807) is 12.1 Å². The molecule has 0 aliphatic heterocycles. The van der Waals surface area contributed by atoms with Gasteiger partial charge in [0.2, 0.25) is 5.88 Å². The van der Waals surface area contributed by atoms with Crippen molar-refractivity contribution < 1.29 is 9.13 Å². The Labute approximate surface area is 118 Å². The fraction of sp³-hybridized carbons (Fsp3) is 0.312. The molecule has 1 N–H and O–H groups in total. The first-order chi connectivity index (χ1) is 9.58. The van der Waals surface area contributed by atoms with Crippen LogP contribution in [-0.2, 0) is 6.54 Å². The van der Waals surface area contributed by atoms with Gasteiger partial charge in [0.1, 0.15) is 11.6 Å². The summed E-state index contributed by atoms with van der Waals surface area (Å²) in [6.07, 6.45) is 0. The fourth-order valence-electron chi connectivity index (χ4n) is 1.86. The monoisotopic (exact) mass is 274 g/mol. The quantitative estimate of drug-likeness (QED) is 0.899. The third-order valence-electron chi connectivity index (χ3n) is 2.89. The summed E-state index contributed by atoms with van der Waals surface area (Å²) in [7, 11) is 1.90. The molecule has 20 heavy (non-hydrogen) atoms. The highest BCUT2D eigenvalue weighted by atomic mass is 19.1. The second-order valence-corrected chi connectivity index (χ2v) is 4.98. The lowest BCUT2D eigenvalue weighted by Gasteiger charge is -2.12. The lowest BCUT2D eigenvalue weighted by atomic mass is 10.1.